The van der Waals surface area contributed by atoms with Crippen LogP contribution in [0.1, 0.15) is 22.3 Å². The Balaban J connectivity index is 1.16. The van der Waals surface area contributed by atoms with Gasteiger partial charge in [-0.05, 0) is 108 Å². The SMILES string of the molecule is Cc1cccc(C)c1N(c1ccc2ccc3c(N(c4c(C)cccc4C)c4cccc5c4sc4ccccc45)ccc4ccc1c2c43)c1cccc2c1sc1ccccc12. The maximum absolute atomic E-state index is 2.56. The molecule has 0 aliphatic heterocycles. The minimum absolute atomic E-state index is 1.19. The van der Waals surface area contributed by atoms with E-state index in [1.165, 1.54) is 129 Å². The highest BCUT2D eigenvalue weighted by atomic mass is 32.1. The van der Waals surface area contributed by atoms with Crippen LogP contribution in [0.5, 0.6) is 0 Å². The van der Waals surface area contributed by atoms with Gasteiger partial charge in [0.25, 0.3) is 0 Å². The predicted octanol–water partition coefficient (Wildman–Crippen LogP) is 17.5. The van der Waals surface area contributed by atoms with E-state index >= 15 is 0 Å². The number of benzene rings is 10. The van der Waals surface area contributed by atoms with Crippen LogP contribution in [-0.4, -0.2) is 0 Å². The first-order valence-electron chi connectivity index (χ1n) is 20.7. The molecule has 10 aromatic carbocycles. The molecule has 12 aromatic rings. The third-order valence-corrected chi connectivity index (χ3v) is 15.1. The molecule has 0 amide bonds. The molecular formula is C56H40N2S2. The van der Waals surface area contributed by atoms with Crippen molar-refractivity contribution in [3.63, 3.8) is 0 Å². The van der Waals surface area contributed by atoms with Crippen LogP contribution >= 0.6 is 22.7 Å². The van der Waals surface area contributed by atoms with Gasteiger partial charge in [0.15, 0.2) is 0 Å². The van der Waals surface area contributed by atoms with Gasteiger partial charge in [-0.3, -0.25) is 0 Å². The van der Waals surface area contributed by atoms with Gasteiger partial charge in [-0.15, -0.1) is 22.7 Å². The average Bonchev–Trinajstić information content (AvgIpc) is 3.85. The van der Waals surface area contributed by atoms with Crippen molar-refractivity contribution in [3.05, 3.63) is 192 Å². The van der Waals surface area contributed by atoms with Gasteiger partial charge in [0, 0.05) is 41.7 Å². The molecular weight excluding hydrogens is 765 g/mol. The van der Waals surface area contributed by atoms with Crippen LogP contribution in [0.4, 0.5) is 34.1 Å². The summed E-state index contributed by atoms with van der Waals surface area (Å²) in [5, 5.41) is 12.8. The monoisotopic (exact) mass is 804 g/mol. The Morgan fingerprint density at radius 3 is 1.10 bits per heavy atom. The Bertz CT molecular complexity index is 3400. The quantitative estimate of drug-likeness (QED) is 0.155. The normalized spacial score (nSPS) is 12.0. The Morgan fingerprint density at radius 1 is 0.300 bits per heavy atom. The van der Waals surface area contributed by atoms with Gasteiger partial charge in [-0.25, -0.2) is 0 Å². The fraction of sp³-hybridized carbons (Fsp3) is 0.0714. The molecule has 4 heteroatoms. The van der Waals surface area contributed by atoms with Crippen molar-refractivity contribution >= 4 is 129 Å². The zero-order valence-corrected chi connectivity index (χ0v) is 35.5. The molecule has 0 spiro atoms. The van der Waals surface area contributed by atoms with E-state index in [2.05, 4.69) is 207 Å². The van der Waals surface area contributed by atoms with Crippen molar-refractivity contribution in [1.29, 1.82) is 0 Å². The maximum atomic E-state index is 2.56. The Labute approximate surface area is 357 Å². The summed E-state index contributed by atoms with van der Waals surface area (Å²) >= 11 is 3.78. The van der Waals surface area contributed by atoms with Crippen molar-refractivity contribution in [1.82, 2.24) is 0 Å². The number of para-hydroxylation sites is 2. The second kappa shape index (κ2) is 13.4. The molecule has 0 fully saturated rings. The summed E-state index contributed by atoms with van der Waals surface area (Å²) < 4.78 is 5.22. The van der Waals surface area contributed by atoms with Crippen LogP contribution in [0.3, 0.4) is 0 Å². The molecule has 2 heterocycles. The van der Waals surface area contributed by atoms with Gasteiger partial charge in [0.2, 0.25) is 0 Å². The van der Waals surface area contributed by atoms with Gasteiger partial charge in [0.05, 0.1) is 43.5 Å². The van der Waals surface area contributed by atoms with E-state index in [9.17, 15) is 0 Å². The summed E-state index contributed by atoms with van der Waals surface area (Å²) in [5.41, 5.74) is 12.3. The molecule has 0 unspecified atom stereocenters. The van der Waals surface area contributed by atoms with E-state index in [4.69, 9.17) is 0 Å². The third kappa shape index (κ3) is 5.11. The molecule has 2 aromatic heterocycles. The number of nitrogens with zero attached hydrogens (tertiary/aromatic N) is 2. The summed E-state index contributed by atoms with van der Waals surface area (Å²) in [7, 11) is 0. The molecule has 0 radical (unpaired) electrons. The molecule has 0 saturated heterocycles. The van der Waals surface area contributed by atoms with Crippen LogP contribution in [0, 0.1) is 27.7 Å². The number of hydrogen-bond donors (Lipinski definition) is 0. The van der Waals surface area contributed by atoms with Crippen LogP contribution in [0.2, 0.25) is 0 Å². The topological polar surface area (TPSA) is 6.48 Å². The highest BCUT2D eigenvalue weighted by Crippen LogP contribution is 2.52. The summed E-state index contributed by atoms with van der Waals surface area (Å²) in [6.07, 6.45) is 0. The van der Waals surface area contributed by atoms with Crippen LogP contribution in [0.15, 0.2) is 170 Å². The zero-order chi connectivity index (χ0) is 40.2. The second-order valence-corrected chi connectivity index (χ2v) is 18.4. The Hall–Kier alpha value is -6.72. The number of rotatable bonds is 6. The van der Waals surface area contributed by atoms with E-state index in [1.807, 2.05) is 22.7 Å². The Kier molecular flexibility index (Phi) is 7.87. The van der Waals surface area contributed by atoms with Crippen LogP contribution in [0.25, 0.3) is 72.7 Å². The number of anilines is 6. The molecule has 0 bridgehead atoms. The minimum Gasteiger partial charge on any atom is -0.308 e. The molecule has 0 aliphatic carbocycles. The van der Waals surface area contributed by atoms with Crippen molar-refractivity contribution in [2.75, 3.05) is 9.80 Å². The van der Waals surface area contributed by atoms with Crippen molar-refractivity contribution < 1.29 is 0 Å². The van der Waals surface area contributed by atoms with Gasteiger partial charge in [0.1, 0.15) is 0 Å². The molecule has 60 heavy (non-hydrogen) atoms. The van der Waals surface area contributed by atoms with E-state index in [0.717, 1.165) is 0 Å². The predicted molar refractivity (Wildman–Crippen MR) is 264 cm³/mol. The zero-order valence-electron chi connectivity index (χ0n) is 33.9. The average molecular weight is 805 g/mol. The van der Waals surface area contributed by atoms with Gasteiger partial charge >= 0.3 is 0 Å². The third-order valence-electron chi connectivity index (χ3n) is 12.7. The van der Waals surface area contributed by atoms with E-state index in [-0.39, 0.29) is 0 Å². The van der Waals surface area contributed by atoms with Crippen molar-refractivity contribution in [2.45, 2.75) is 27.7 Å². The first-order valence-corrected chi connectivity index (χ1v) is 22.3. The molecule has 2 nitrogen and oxygen atoms in total. The first-order chi connectivity index (χ1) is 29.4. The lowest BCUT2D eigenvalue weighted by molar-refractivity contribution is 1.24. The van der Waals surface area contributed by atoms with E-state index in [0.29, 0.717) is 0 Å². The fourth-order valence-corrected chi connectivity index (χ4v) is 12.4. The van der Waals surface area contributed by atoms with Crippen molar-refractivity contribution in [2.24, 2.45) is 0 Å². The lowest BCUT2D eigenvalue weighted by atomic mass is 9.91. The molecule has 0 saturated carbocycles. The van der Waals surface area contributed by atoms with Crippen LogP contribution in [-0.2, 0) is 0 Å². The second-order valence-electron chi connectivity index (χ2n) is 16.2. The maximum Gasteiger partial charge on any atom is 0.0640 e. The van der Waals surface area contributed by atoms with Crippen molar-refractivity contribution in [3.8, 4) is 0 Å². The van der Waals surface area contributed by atoms with Gasteiger partial charge in [-0.2, -0.15) is 0 Å². The van der Waals surface area contributed by atoms with Gasteiger partial charge < -0.3 is 9.80 Å². The van der Waals surface area contributed by atoms with Crippen LogP contribution < -0.4 is 9.80 Å². The first kappa shape index (κ1) is 35.2. The summed E-state index contributed by atoms with van der Waals surface area (Å²) in [6.45, 7) is 9.01. The summed E-state index contributed by atoms with van der Waals surface area (Å²) in [6, 6.07) is 63.5. The number of hydrogen-bond acceptors (Lipinski definition) is 4. The van der Waals surface area contributed by atoms with E-state index in [1.54, 1.807) is 0 Å². The smallest absolute Gasteiger partial charge is 0.0640 e. The number of aryl methyl sites for hydroxylation is 4. The summed E-state index contributed by atoms with van der Waals surface area (Å²) in [4.78, 5) is 5.11. The largest absolute Gasteiger partial charge is 0.308 e. The highest BCUT2D eigenvalue weighted by Gasteiger charge is 2.26. The number of thiophene rings is 2. The number of fused-ring (bicyclic) bond motifs is 6. The van der Waals surface area contributed by atoms with Gasteiger partial charge in [-0.1, -0.05) is 133 Å². The fourth-order valence-electron chi connectivity index (χ4n) is 10.0. The Morgan fingerprint density at radius 2 is 0.667 bits per heavy atom. The minimum atomic E-state index is 1.19. The lowest BCUT2D eigenvalue weighted by Crippen LogP contribution is -2.14. The highest BCUT2D eigenvalue weighted by molar-refractivity contribution is 7.26. The standard InChI is InChI=1S/C56H40N2S2/c1-33-13-9-14-34(2)53(33)57(47-21-11-19-41-39-17-5-7-23-49(39)59-55(41)47)45-31-27-37-26-30-44-46(32-28-38-25-29-43(45)51(37)52(38)44)58(54-35(3)15-10-16-36(54)4)48-22-12-20-42-40-18-6-8-24-50(40)60-56(42)48/h5-32H,1-4H3. The molecule has 0 N–H and O–H groups in total. The lowest BCUT2D eigenvalue weighted by Gasteiger charge is -2.32. The van der Waals surface area contributed by atoms with E-state index < -0.39 is 0 Å². The molecule has 12 rings (SSSR count). The molecule has 0 atom stereocenters. The molecule has 286 valence electrons. The summed E-state index contributed by atoms with van der Waals surface area (Å²) in [5.74, 6) is 0. The molecule has 0 aliphatic rings.